The SMILES string of the molecule is CCC(C)(CCO)OCCSC(C)(C)CC. The summed E-state index contributed by atoms with van der Waals surface area (Å²) < 4.78 is 6.23. The van der Waals surface area contributed by atoms with Crippen molar-refractivity contribution in [1.82, 2.24) is 0 Å². The Bertz CT molecular complexity index is 183. The van der Waals surface area contributed by atoms with Crippen LogP contribution in [0.4, 0.5) is 0 Å². The van der Waals surface area contributed by atoms with E-state index in [1.165, 1.54) is 6.42 Å². The summed E-state index contributed by atoms with van der Waals surface area (Å²) >= 11 is 1.96. The van der Waals surface area contributed by atoms with Crippen LogP contribution in [0, 0.1) is 0 Å². The lowest BCUT2D eigenvalue weighted by molar-refractivity contribution is -0.0414. The predicted octanol–water partition coefficient (Wildman–Crippen LogP) is 3.48. The van der Waals surface area contributed by atoms with Crippen LogP contribution >= 0.6 is 11.8 Å². The van der Waals surface area contributed by atoms with Crippen LogP contribution in [0.5, 0.6) is 0 Å². The van der Waals surface area contributed by atoms with E-state index < -0.39 is 0 Å². The Labute approximate surface area is 105 Å². The van der Waals surface area contributed by atoms with Gasteiger partial charge in [-0.05, 0) is 26.2 Å². The molecule has 0 fully saturated rings. The number of hydrogen-bond donors (Lipinski definition) is 1. The molecule has 3 heteroatoms. The molecule has 0 amide bonds. The highest BCUT2D eigenvalue weighted by Crippen LogP contribution is 2.28. The Balaban J connectivity index is 3.79. The maximum Gasteiger partial charge on any atom is 0.0674 e. The highest BCUT2D eigenvalue weighted by atomic mass is 32.2. The van der Waals surface area contributed by atoms with Crippen LogP contribution < -0.4 is 0 Å². The molecular weight excluding hydrogens is 220 g/mol. The summed E-state index contributed by atoms with van der Waals surface area (Å²) in [4.78, 5) is 0. The standard InChI is InChI=1S/C13H28O2S/c1-6-12(3,4)16-11-10-15-13(5,7-2)8-9-14/h14H,6-11H2,1-5H3. The minimum Gasteiger partial charge on any atom is -0.396 e. The molecule has 0 saturated heterocycles. The van der Waals surface area contributed by atoms with Crippen molar-refractivity contribution in [3.8, 4) is 0 Å². The average Bonchev–Trinajstić information content (AvgIpc) is 2.25. The van der Waals surface area contributed by atoms with Gasteiger partial charge >= 0.3 is 0 Å². The monoisotopic (exact) mass is 248 g/mol. The van der Waals surface area contributed by atoms with Crippen molar-refractivity contribution >= 4 is 11.8 Å². The number of hydrogen-bond acceptors (Lipinski definition) is 3. The van der Waals surface area contributed by atoms with E-state index in [2.05, 4.69) is 34.6 Å². The summed E-state index contributed by atoms with van der Waals surface area (Å²) in [5, 5.41) is 8.97. The fraction of sp³-hybridized carbons (Fsp3) is 1.00. The Hall–Kier alpha value is 0.270. The summed E-state index contributed by atoms with van der Waals surface area (Å²) in [6.07, 6.45) is 2.86. The number of aliphatic hydroxyl groups excluding tert-OH is 1. The first-order valence-corrected chi connectivity index (χ1v) is 7.26. The second kappa shape index (κ2) is 7.57. The normalized spacial score (nSPS) is 16.1. The largest absolute Gasteiger partial charge is 0.396 e. The van der Waals surface area contributed by atoms with Gasteiger partial charge in [-0.15, -0.1) is 0 Å². The zero-order valence-corrected chi connectivity index (χ0v) is 12.3. The van der Waals surface area contributed by atoms with Gasteiger partial charge in [0.05, 0.1) is 12.2 Å². The van der Waals surface area contributed by atoms with Crippen LogP contribution in [0.15, 0.2) is 0 Å². The topological polar surface area (TPSA) is 29.5 Å². The van der Waals surface area contributed by atoms with Crippen molar-refractivity contribution < 1.29 is 9.84 Å². The lowest BCUT2D eigenvalue weighted by Gasteiger charge is -2.29. The molecule has 0 saturated carbocycles. The molecule has 0 rings (SSSR count). The van der Waals surface area contributed by atoms with Gasteiger partial charge < -0.3 is 9.84 Å². The first-order chi connectivity index (χ1) is 7.39. The highest BCUT2D eigenvalue weighted by molar-refractivity contribution is 8.00. The minimum atomic E-state index is -0.147. The number of ether oxygens (including phenoxy) is 1. The summed E-state index contributed by atoms with van der Waals surface area (Å²) in [5.41, 5.74) is -0.147. The predicted molar refractivity (Wildman–Crippen MR) is 73.2 cm³/mol. The quantitative estimate of drug-likeness (QED) is 0.634. The molecule has 0 spiro atoms. The maximum atomic E-state index is 8.97. The van der Waals surface area contributed by atoms with Gasteiger partial charge in [0.1, 0.15) is 0 Å². The molecule has 0 aromatic heterocycles. The van der Waals surface area contributed by atoms with Gasteiger partial charge in [0.25, 0.3) is 0 Å². The molecule has 98 valence electrons. The van der Waals surface area contributed by atoms with Crippen LogP contribution in [0.2, 0.25) is 0 Å². The van der Waals surface area contributed by atoms with E-state index in [0.29, 0.717) is 4.75 Å². The zero-order valence-electron chi connectivity index (χ0n) is 11.5. The molecular formula is C13H28O2S. The van der Waals surface area contributed by atoms with E-state index in [1.54, 1.807) is 0 Å². The molecule has 0 aliphatic rings. The third-order valence-electron chi connectivity index (χ3n) is 3.27. The van der Waals surface area contributed by atoms with Crippen molar-refractivity contribution in [3.05, 3.63) is 0 Å². The van der Waals surface area contributed by atoms with Gasteiger partial charge in [-0.2, -0.15) is 11.8 Å². The van der Waals surface area contributed by atoms with Gasteiger partial charge in [-0.25, -0.2) is 0 Å². The summed E-state index contributed by atoms with van der Waals surface area (Å²) in [7, 11) is 0. The third kappa shape index (κ3) is 6.77. The highest BCUT2D eigenvalue weighted by Gasteiger charge is 2.22. The van der Waals surface area contributed by atoms with E-state index in [0.717, 1.165) is 25.2 Å². The third-order valence-corrected chi connectivity index (χ3v) is 4.71. The van der Waals surface area contributed by atoms with Crippen LogP contribution in [-0.2, 0) is 4.74 Å². The lowest BCUT2D eigenvalue weighted by Crippen LogP contribution is -2.30. The number of rotatable bonds is 9. The molecule has 0 aliphatic carbocycles. The Morgan fingerprint density at radius 2 is 1.75 bits per heavy atom. The molecule has 0 aromatic rings. The van der Waals surface area contributed by atoms with Crippen LogP contribution in [0.3, 0.4) is 0 Å². The first kappa shape index (κ1) is 16.3. The van der Waals surface area contributed by atoms with Gasteiger partial charge in [-0.1, -0.05) is 27.7 Å². The van der Waals surface area contributed by atoms with Crippen molar-refractivity contribution in [1.29, 1.82) is 0 Å². The molecule has 0 bridgehead atoms. The van der Waals surface area contributed by atoms with Crippen molar-refractivity contribution in [3.63, 3.8) is 0 Å². The maximum absolute atomic E-state index is 8.97. The molecule has 1 N–H and O–H groups in total. The molecule has 1 unspecified atom stereocenters. The second-order valence-corrected chi connectivity index (χ2v) is 6.89. The number of aliphatic hydroxyl groups is 1. The lowest BCUT2D eigenvalue weighted by atomic mass is 9.99. The summed E-state index contributed by atoms with van der Waals surface area (Å²) in [6.45, 7) is 11.9. The summed E-state index contributed by atoms with van der Waals surface area (Å²) in [6, 6.07) is 0. The van der Waals surface area contributed by atoms with Crippen molar-refractivity contribution in [2.24, 2.45) is 0 Å². The van der Waals surface area contributed by atoms with Crippen molar-refractivity contribution in [2.45, 2.75) is 64.2 Å². The van der Waals surface area contributed by atoms with E-state index in [-0.39, 0.29) is 12.2 Å². The molecule has 16 heavy (non-hydrogen) atoms. The average molecular weight is 248 g/mol. The van der Waals surface area contributed by atoms with Gasteiger partial charge in [-0.3, -0.25) is 0 Å². The van der Waals surface area contributed by atoms with E-state index in [1.807, 2.05) is 11.8 Å². The zero-order chi connectivity index (χ0) is 12.7. The molecule has 0 aromatic carbocycles. The molecule has 0 aliphatic heterocycles. The van der Waals surface area contributed by atoms with Gasteiger partial charge in [0.15, 0.2) is 0 Å². The van der Waals surface area contributed by atoms with E-state index >= 15 is 0 Å². The fourth-order valence-corrected chi connectivity index (χ4v) is 2.22. The van der Waals surface area contributed by atoms with E-state index in [9.17, 15) is 0 Å². The molecule has 0 heterocycles. The second-order valence-electron chi connectivity index (χ2n) is 5.09. The summed E-state index contributed by atoms with van der Waals surface area (Å²) in [5.74, 6) is 1.03. The minimum absolute atomic E-state index is 0.147. The smallest absolute Gasteiger partial charge is 0.0674 e. The first-order valence-electron chi connectivity index (χ1n) is 6.28. The molecule has 2 nitrogen and oxygen atoms in total. The Kier molecular flexibility index (Phi) is 7.70. The van der Waals surface area contributed by atoms with Crippen LogP contribution in [0.1, 0.15) is 53.9 Å². The molecule has 1 atom stereocenters. The van der Waals surface area contributed by atoms with Crippen LogP contribution in [-0.4, -0.2) is 34.4 Å². The van der Waals surface area contributed by atoms with Gasteiger partial charge in [0, 0.05) is 17.1 Å². The fourth-order valence-electron chi connectivity index (χ4n) is 1.30. The van der Waals surface area contributed by atoms with Gasteiger partial charge in [0.2, 0.25) is 0 Å². The number of thioether (sulfide) groups is 1. The van der Waals surface area contributed by atoms with E-state index in [4.69, 9.17) is 9.84 Å². The van der Waals surface area contributed by atoms with Crippen molar-refractivity contribution in [2.75, 3.05) is 19.0 Å². The van der Waals surface area contributed by atoms with Crippen LogP contribution in [0.25, 0.3) is 0 Å². The Morgan fingerprint density at radius 1 is 1.12 bits per heavy atom. The molecule has 0 radical (unpaired) electrons. The Morgan fingerprint density at radius 3 is 2.19 bits per heavy atom.